The van der Waals surface area contributed by atoms with E-state index in [4.69, 9.17) is 21.6 Å². The van der Waals surface area contributed by atoms with Gasteiger partial charge in [-0.1, -0.05) is 11.6 Å². The van der Waals surface area contributed by atoms with Gasteiger partial charge in [-0.2, -0.15) is 4.98 Å². The summed E-state index contributed by atoms with van der Waals surface area (Å²) >= 11 is 6.13. The van der Waals surface area contributed by atoms with Crippen LogP contribution >= 0.6 is 11.6 Å². The van der Waals surface area contributed by atoms with Gasteiger partial charge in [-0.05, 0) is 45.9 Å². The van der Waals surface area contributed by atoms with Gasteiger partial charge in [0.15, 0.2) is 0 Å². The molecule has 0 N–H and O–H groups in total. The first-order valence-electron chi connectivity index (χ1n) is 7.61. The van der Waals surface area contributed by atoms with Crippen molar-refractivity contribution >= 4 is 34.3 Å². The Labute approximate surface area is 131 Å². The summed E-state index contributed by atoms with van der Waals surface area (Å²) in [5.74, 6) is 1.76. The number of hydrogen-bond donors (Lipinski definition) is 0. The third kappa shape index (κ3) is 3.21. The molecular weight excluding hydrogens is 284 g/mol. The predicted molar refractivity (Wildman–Crippen MR) is 91.7 cm³/mol. The smallest absolute Gasteiger partial charge is 0.227 e. The lowest BCUT2D eigenvalue weighted by atomic mass is 10.2. The van der Waals surface area contributed by atoms with Crippen LogP contribution in [0.3, 0.4) is 0 Å². The number of fused-ring (bicyclic) bond motifs is 1. The molecule has 0 saturated heterocycles. The van der Waals surface area contributed by atoms with Crippen molar-refractivity contribution in [3.8, 4) is 0 Å². The number of anilines is 2. The molecule has 0 saturated carbocycles. The van der Waals surface area contributed by atoms with E-state index >= 15 is 0 Å². The number of halogens is 1. The molecule has 0 unspecified atom stereocenters. The Kier molecular flexibility index (Phi) is 5.23. The van der Waals surface area contributed by atoms with Crippen LogP contribution in [0.1, 0.15) is 27.7 Å². The molecule has 1 aromatic carbocycles. The third-order valence-electron chi connectivity index (χ3n) is 3.74. The Bertz CT molecular complexity index is 606. The highest BCUT2D eigenvalue weighted by molar-refractivity contribution is 6.31. The van der Waals surface area contributed by atoms with Crippen LogP contribution in [-0.4, -0.2) is 36.1 Å². The van der Waals surface area contributed by atoms with Crippen molar-refractivity contribution in [1.82, 2.24) is 9.97 Å². The van der Waals surface area contributed by atoms with Crippen molar-refractivity contribution in [3.63, 3.8) is 0 Å². The normalized spacial score (nSPS) is 10.9. The van der Waals surface area contributed by atoms with Gasteiger partial charge in [-0.15, -0.1) is 0 Å². The van der Waals surface area contributed by atoms with Crippen LogP contribution in [0.5, 0.6) is 0 Å². The molecule has 0 fully saturated rings. The van der Waals surface area contributed by atoms with Gasteiger partial charge in [-0.3, -0.25) is 0 Å². The van der Waals surface area contributed by atoms with Crippen LogP contribution in [0.25, 0.3) is 10.9 Å². The highest BCUT2D eigenvalue weighted by Crippen LogP contribution is 2.28. The minimum atomic E-state index is 0.706. The SMILES string of the molecule is CCN(CC)c1nc(N(CC)CC)c2ccc(Cl)cc2n1. The second-order valence-corrected chi connectivity index (χ2v) is 5.29. The molecule has 114 valence electrons. The average molecular weight is 307 g/mol. The summed E-state index contributed by atoms with van der Waals surface area (Å²) < 4.78 is 0. The summed E-state index contributed by atoms with van der Waals surface area (Å²) in [6.45, 7) is 12.1. The van der Waals surface area contributed by atoms with Gasteiger partial charge in [0.25, 0.3) is 0 Å². The molecule has 0 bridgehead atoms. The predicted octanol–water partition coefficient (Wildman–Crippen LogP) is 3.98. The monoisotopic (exact) mass is 306 g/mol. The van der Waals surface area contributed by atoms with Crippen molar-refractivity contribution < 1.29 is 0 Å². The van der Waals surface area contributed by atoms with Gasteiger partial charge in [-0.25, -0.2) is 4.98 Å². The zero-order chi connectivity index (χ0) is 15.4. The first-order chi connectivity index (χ1) is 10.1. The van der Waals surface area contributed by atoms with E-state index in [0.29, 0.717) is 5.02 Å². The summed E-state index contributed by atoms with van der Waals surface area (Å²) in [6.07, 6.45) is 0. The summed E-state index contributed by atoms with van der Waals surface area (Å²) in [5, 5.41) is 1.76. The van der Waals surface area contributed by atoms with E-state index in [1.807, 2.05) is 18.2 Å². The zero-order valence-corrected chi connectivity index (χ0v) is 14.0. The zero-order valence-electron chi connectivity index (χ0n) is 13.2. The maximum atomic E-state index is 6.13. The Morgan fingerprint density at radius 3 is 2.10 bits per heavy atom. The second kappa shape index (κ2) is 6.94. The van der Waals surface area contributed by atoms with E-state index in [1.165, 1.54) is 0 Å². The second-order valence-electron chi connectivity index (χ2n) is 4.85. The number of nitrogens with zero attached hydrogens (tertiary/aromatic N) is 4. The quantitative estimate of drug-likeness (QED) is 0.808. The minimum Gasteiger partial charge on any atom is -0.356 e. The van der Waals surface area contributed by atoms with Crippen LogP contribution in [0, 0.1) is 0 Å². The van der Waals surface area contributed by atoms with E-state index in [9.17, 15) is 0 Å². The topological polar surface area (TPSA) is 32.3 Å². The molecule has 0 radical (unpaired) electrons. The maximum Gasteiger partial charge on any atom is 0.227 e. The Balaban J connectivity index is 2.67. The van der Waals surface area contributed by atoms with E-state index in [-0.39, 0.29) is 0 Å². The fourth-order valence-corrected chi connectivity index (χ4v) is 2.65. The molecular formula is C16H23ClN4. The van der Waals surface area contributed by atoms with Crippen molar-refractivity contribution in [1.29, 1.82) is 0 Å². The molecule has 21 heavy (non-hydrogen) atoms. The highest BCUT2D eigenvalue weighted by Gasteiger charge is 2.15. The number of rotatable bonds is 6. The highest BCUT2D eigenvalue weighted by atomic mass is 35.5. The lowest BCUT2D eigenvalue weighted by Gasteiger charge is -2.25. The van der Waals surface area contributed by atoms with Crippen LogP contribution in [0.15, 0.2) is 18.2 Å². The van der Waals surface area contributed by atoms with Crippen LogP contribution < -0.4 is 9.80 Å². The minimum absolute atomic E-state index is 0.706. The van der Waals surface area contributed by atoms with E-state index in [0.717, 1.165) is 48.8 Å². The molecule has 0 amide bonds. The molecule has 5 heteroatoms. The molecule has 0 aliphatic carbocycles. The summed E-state index contributed by atoms with van der Waals surface area (Å²) in [5.41, 5.74) is 0.904. The number of benzene rings is 1. The Hall–Kier alpha value is -1.55. The fourth-order valence-electron chi connectivity index (χ4n) is 2.49. The Morgan fingerprint density at radius 2 is 1.52 bits per heavy atom. The van der Waals surface area contributed by atoms with Crippen molar-refractivity contribution in [3.05, 3.63) is 23.2 Å². The third-order valence-corrected chi connectivity index (χ3v) is 3.97. The van der Waals surface area contributed by atoms with Gasteiger partial charge >= 0.3 is 0 Å². The molecule has 0 atom stereocenters. The summed E-state index contributed by atoms with van der Waals surface area (Å²) in [4.78, 5) is 13.9. The van der Waals surface area contributed by atoms with Gasteiger partial charge in [0, 0.05) is 36.6 Å². The molecule has 1 heterocycles. The largest absolute Gasteiger partial charge is 0.356 e. The maximum absolute atomic E-state index is 6.13. The van der Waals surface area contributed by atoms with E-state index < -0.39 is 0 Å². The molecule has 1 aromatic heterocycles. The van der Waals surface area contributed by atoms with Crippen molar-refractivity contribution in [2.75, 3.05) is 36.0 Å². The van der Waals surface area contributed by atoms with Crippen molar-refractivity contribution in [2.45, 2.75) is 27.7 Å². The molecule has 2 aromatic rings. The number of hydrogen-bond acceptors (Lipinski definition) is 4. The molecule has 0 aliphatic rings. The van der Waals surface area contributed by atoms with Gasteiger partial charge in [0.1, 0.15) is 5.82 Å². The van der Waals surface area contributed by atoms with Crippen LogP contribution in [-0.2, 0) is 0 Å². The first-order valence-corrected chi connectivity index (χ1v) is 7.99. The van der Waals surface area contributed by atoms with E-state index in [1.54, 1.807) is 0 Å². The standard InChI is InChI=1S/C16H23ClN4/c1-5-20(6-2)15-13-10-9-12(17)11-14(13)18-16(19-15)21(7-3)8-4/h9-11H,5-8H2,1-4H3. The summed E-state index contributed by atoms with van der Waals surface area (Å²) in [7, 11) is 0. The van der Waals surface area contributed by atoms with Crippen molar-refractivity contribution in [2.24, 2.45) is 0 Å². The van der Waals surface area contributed by atoms with Gasteiger partial charge in [0.05, 0.1) is 5.52 Å². The average Bonchev–Trinajstić information content (AvgIpc) is 2.49. The van der Waals surface area contributed by atoms with Gasteiger partial charge in [0.2, 0.25) is 5.95 Å². The fraction of sp³-hybridized carbons (Fsp3) is 0.500. The molecule has 0 spiro atoms. The lowest BCUT2D eigenvalue weighted by Crippen LogP contribution is -2.27. The lowest BCUT2D eigenvalue weighted by molar-refractivity contribution is 0.806. The first kappa shape index (κ1) is 15.8. The number of aromatic nitrogens is 2. The molecule has 4 nitrogen and oxygen atoms in total. The Morgan fingerprint density at radius 1 is 0.905 bits per heavy atom. The van der Waals surface area contributed by atoms with Gasteiger partial charge < -0.3 is 9.80 Å². The molecule has 0 aliphatic heterocycles. The van der Waals surface area contributed by atoms with Crippen LogP contribution in [0.2, 0.25) is 5.02 Å². The van der Waals surface area contributed by atoms with Crippen LogP contribution in [0.4, 0.5) is 11.8 Å². The summed E-state index contributed by atoms with van der Waals surface area (Å²) in [6, 6.07) is 5.83. The van der Waals surface area contributed by atoms with E-state index in [2.05, 4.69) is 37.5 Å². The molecule has 2 rings (SSSR count).